The first-order chi connectivity index (χ1) is 13.8. The van der Waals surface area contributed by atoms with Crippen molar-refractivity contribution in [3.8, 4) is 0 Å². The first-order valence-electron chi connectivity index (χ1n) is 11.4. The van der Waals surface area contributed by atoms with Gasteiger partial charge < -0.3 is 20.3 Å². The number of hydrogen-bond donors (Lipinski definition) is 2. The van der Waals surface area contributed by atoms with Crippen molar-refractivity contribution in [2.24, 2.45) is 17.8 Å². The van der Waals surface area contributed by atoms with Crippen molar-refractivity contribution in [2.75, 3.05) is 19.7 Å². The number of rotatable bonds is 7. The molecule has 2 aliphatic rings. The number of likely N-dealkylation sites (tertiary alicyclic amines) is 1. The molecule has 0 unspecified atom stereocenters. The fourth-order valence-corrected chi connectivity index (χ4v) is 4.21. The van der Waals surface area contributed by atoms with Gasteiger partial charge in [-0.2, -0.15) is 0 Å². The van der Waals surface area contributed by atoms with Crippen LogP contribution < -0.4 is 10.6 Å². The summed E-state index contributed by atoms with van der Waals surface area (Å²) in [6, 6.07) is -0.484. The quantitative estimate of drug-likeness (QED) is 0.676. The predicted octanol–water partition coefficient (Wildman–Crippen LogP) is 3.08. The van der Waals surface area contributed by atoms with Crippen molar-refractivity contribution < 1.29 is 19.1 Å². The molecular weight excluding hydrogens is 370 g/mol. The Morgan fingerprint density at radius 2 is 1.66 bits per heavy atom. The van der Waals surface area contributed by atoms with Gasteiger partial charge in [-0.15, -0.1) is 0 Å². The van der Waals surface area contributed by atoms with Gasteiger partial charge in [0.2, 0.25) is 11.8 Å². The molecule has 1 aliphatic heterocycles. The number of piperidine rings is 1. The van der Waals surface area contributed by atoms with E-state index in [4.69, 9.17) is 4.74 Å². The van der Waals surface area contributed by atoms with Gasteiger partial charge in [0, 0.05) is 25.0 Å². The fourth-order valence-electron chi connectivity index (χ4n) is 4.21. The van der Waals surface area contributed by atoms with Crippen molar-refractivity contribution in [3.63, 3.8) is 0 Å². The van der Waals surface area contributed by atoms with Crippen molar-refractivity contribution in [1.29, 1.82) is 0 Å². The Labute approximate surface area is 175 Å². The summed E-state index contributed by atoms with van der Waals surface area (Å²) in [5, 5.41) is 6.16. The van der Waals surface area contributed by atoms with Crippen LogP contribution in [0.2, 0.25) is 0 Å². The summed E-state index contributed by atoms with van der Waals surface area (Å²) in [6.45, 7) is 9.59. The van der Waals surface area contributed by atoms with Crippen molar-refractivity contribution in [2.45, 2.75) is 84.7 Å². The zero-order valence-corrected chi connectivity index (χ0v) is 18.5. The van der Waals surface area contributed by atoms with Crippen LogP contribution in [0, 0.1) is 17.8 Å². The van der Waals surface area contributed by atoms with Crippen LogP contribution in [0.3, 0.4) is 0 Å². The van der Waals surface area contributed by atoms with Crippen LogP contribution in [0.25, 0.3) is 0 Å². The molecule has 1 saturated carbocycles. The molecule has 1 saturated heterocycles. The monoisotopic (exact) mass is 409 g/mol. The lowest BCUT2D eigenvalue weighted by molar-refractivity contribution is -0.133. The summed E-state index contributed by atoms with van der Waals surface area (Å²) in [6.07, 6.45) is 5.92. The summed E-state index contributed by atoms with van der Waals surface area (Å²) in [4.78, 5) is 39.2. The minimum absolute atomic E-state index is 0.0205. The maximum absolute atomic E-state index is 13.0. The standard InChI is InChI=1S/C22H39N3O4/c1-5-16(4)19(24-20(26)17-9-7-15(3)8-10-17)21(27)23-18-11-13-25(14-12-18)22(28)29-6-2/h15-19H,5-14H2,1-4H3,(H,23,27)(H,24,26)/t15?,16-,17?,19+/m0/s1. The number of carbonyl (C=O) groups is 3. The van der Waals surface area contributed by atoms with Gasteiger partial charge in [-0.05, 0) is 57.3 Å². The van der Waals surface area contributed by atoms with E-state index < -0.39 is 6.04 Å². The van der Waals surface area contributed by atoms with Crippen LogP contribution in [0.1, 0.15) is 72.6 Å². The molecule has 2 N–H and O–H groups in total. The maximum atomic E-state index is 13.0. The molecule has 0 bridgehead atoms. The molecule has 0 spiro atoms. The molecule has 2 atom stereocenters. The van der Waals surface area contributed by atoms with E-state index >= 15 is 0 Å². The Bertz CT molecular complexity index is 552. The van der Waals surface area contributed by atoms with Crippen LogP contribution >= 0.6 is 0 Å². The van der Waals surface area contributed by atoms with Gasteiger partial charge in [-0.3, -0.25) is 9.59 Å². The number of nitrogens with one attached hydrogen (secondary N) is 2. The Morgan fingerprint density at radius 3 is 2.21 bits per heavy atom. The van der Waals surface area contributed by atoms with Gasteiger partial charge in [0.05, 0.1) is 6.61 Å². The molecule has 7 nitrogen and oxygen atoms in total. The summed E-state index contributed by atoms with van der Waals surface area (Å²) in [7, 11) is 0. The average Bonchev–Trinajstić information content (AvgIpc) is 2.72. The second kappa shape index (κ2) is 11.4. The molecule has 2 rings (SSSR count). The first-order valence-corrected chi connectivity index (χ1v) is 11.4. The minimum Gasteiger partial charge on any atom is -0.450 e. The Kier molecular flexibility index (Phi) is 9.24. The molecule has 0 aromatic heterocycles. The Morgan fingerprint density at radius 1 is 1.03 bits per heavy atom. The van der Waals surface area contributed by atoms with E-state index in [0.717, 1.165) is 32.1 Å². The topological polar surface area (TPSA) is 87.7 Å². The van der Waals surface area contributed by atoms with Crippen LogP contribution in [0.4, 0.5) is 4.79 Å². The molecule has 0 radical (unpaired) electrons. The van der Waals surface area contributed by atoms with Crippen LogP contribution in [-0.4, -0.2) is 54.6 Å². The number of carbonyl (C=O) groups excluding carboxylic acids is 3. The van der Waals surface area contributed by atoms with E-state index in [-0.39, 0.29) is 35.8 Å². The van der Waals surface area contributed by atoms with Crippen LogP contribution in [0.15, 0.2) is 0 Å². The molecular formula is C22H39N3O4. The third kappa shape index (κ3) is 6.89. The van der Waals surface area contributed by atoms with E-state index in [1.807, 2.05) is 13.8 Å². The predicted molar refractivity (Wildman–Crippen MR) is 112 cm³/mol. The number of amides is 3. The Balaban J connectivity index is 1.87. The summed E-state index contributed by atoms with van der Waals surface area (Å²) in [5.41, 5.74) is 0. The number of ether oxygens (including phenoxy) is 1. The zero-order chi connectivity index (χ0) is 21.4. The van der Waals surface area contributed by atoms with Gasteiger partial charge in [-0.1, -0.05) is 27.2 Å². The van der Waals surface area contributed by atoms with E-state index in [2.05, 4.69) is 17.6 Å². The number of hydrogen-bond acceptors (Lipinski definition) is 4. The summed E-state index contributed by atoms with van der Waals surface area (Å²) < 4.78 is 5.04. The largest absolute Gasteiger partial charge is 0.450 e. The lowest BCUT2D eigenvalue weighted by Crippen LogP contribution is -2.55. The van der Waals surface area contributed by atoms with E-state index in [1.165, 1.54) is 0 Å². The summed E-state index contributed by atoms with van der Waals surface area (Å²) in [5.74, 6) is 0.702. The highest BCUT2D eigenvalue weighted by molar-refractivity contribution is 5.89. The van der Waals surface area contributed by atoms with E-state index in [1.54, 1.807) is 11.8 Å². The molecule has 29 heavy (non-hydrogen) atoms. The van der Waals surface area contributed by atoms with Crippen molar-refractivity contribution in [1.82, 2.24) is 15.5 Å². The molecule has 0 aromatic rings. The third-order valence-corrected chi connectivity index (χ3v) is 6.55. The maximum Gasteiger partial charge on any atom is 0.409 e. The van der Waals surface area contributed by atoms with Gasteiger partial charge in [0.1, 0.15) is 6.04 Å². The van der Waals surface area contributed by atoms with Crippen LogP contribution in [-0.2, 0) is 14.3 Å². The fraction of sp³-hybridized carbons (Fsp3) is 0.864. The molecule has 166 valence electrons. The van der Waals surface area contributed by atoms with Crippen LogP contribution in [0.5, 0.6) is 0 Å². The molecule has 7 heteroatoms. The van der Waals surface area contributed by atoms with Gasteiger partial charge in [-0.25, -0.2) is 4.79 Å². The lowest BCUT2D eigenvalue weighted by Gasteiger charge is -2.34. The highest BCUT2D eigenvalue weighted by Gasteiger charge is 2.32. The molecule has 3 amide bonds. The molecule has 0 aromatic carbocycles. The third-order valence-electron chi connectivity index (χ3n) is 6.55. The van der Waals surface area contributed by atoms with Crippen molar-refractivity contribution >= 4 is 17.9 Å². The Hall–Kier alpha value is -1.79. The molecule has 1 aliphatic carbocycles. The second-order valence-electron chi connectivity index (χ2n) is 8.80. The average molecular weight is 410 g/mol. The summed E-state index contributed by atoms with van der Waals surface area (Å²) >= 11 is 0. The smallest absolute Gasteiger partial charge is 0.409 e. The SMILES string of the molecule is CCOC(=O)N1CCC(NC(=O)[C@H](NC(=O)C2CCC(C)CC2)[C@@H](C)CC)CC1. The van der Waals surface area contributed by atoms with E-state index in [9.17, 15) is 14.4 Å². The lowest BCUT2D eigenvalue weighted by atomic mass is 9.82. The normalized spacial score (nSPS) is 25.0. The van der Waals surface area contributed by atoms with E-state index in [0.29, 0.717) is 38.5 Å². The van der Waals surface area contributed by atoms with Gasteiger partial charge in [0.15, 0.2) is 0 Å². The first kappa shape index (κ1) is 23.5. The number of nitrogens with zero attached hydrogens (tertiary/aromatic N) is 1. The van der Waals surface area contributed by atoms with Gasteiger partial charge >= 0.3 is 6.09 Å². The molecule has 1 heterocycles. The highest BCUT2D eigenvalue weighted by atomic mass is 16.6. The molecule has 2 fully saturated rings. The van der Waals surface area contributed by atoms with Gasteiger partial charge in [0.25, 0.3) is 0 Å². The highest BCUT2D eigenvalue weighted by Crippen LogP contribution is 2.28. The second-order valence-corrected chi connectivity index (χ2v) is 8.80. The zero-order valence-electron chi connectivity index (χ0n) is 18.5. The van der Waals surface area contributed by atoms with Crippen molar-refractivity contribution in [3.05, 3.63) is 0 Å². The minimum atomic E-state index is -0.505.